The zero-order valence-electron chi connectivity index (χ0n) is 6.89. The summed E-state index contributed by atoms with van der Waals surface area (Å²) in [6, 6.07) is 0. The monoisotopic (exact) mass is 144 g/mol. The molecule has 0 amide bonds. The molecule has 0 aromatic rings. The standard InChI is InChI=1S/C6H16N4/c1-6(7)9(2)4-8-5-10(6)3/h8H,4-5,7H2,1-3H3. The van der Waals surface area contributed by atoms with E-state index in [-0.39, 0.29) is 5.79 Å². The van der Waals surface area contributed by atoms with Crippen molar-refractivity contribution in [3.63, 3.8) is 0 Å². The molecule has 1 heterocycles. The molecule has 0 radical (unpaired) electrons. The number of hydrogen-bond donors (Lipinski definition) is 2. The third-order valence-corrected chi connectivity index (χ3v) is 2.24. The van der Waals surface area contributed by atoms with Crippen molar-refractivity contribution in [2.45, 2.75) is 12.7 Å². The highest BCUT2D eigenvalue weighted by Gasteiger charge is 2.31. The van der Waals surface area contributed by atoms with Gasteiger partial charge in [0.1, 0.15) is 5.79 Å². The van der Waals surface area contributed by atoms with Gasteiger partial charge in [-0.2, -0.15) is 0 Å². The van der Waals surface area contributed by atoms with E-state index in [1.807, 2.05) is 21.0 Å². The molecular weight excluding hydrogens is 128 g/mol. The van der Waals surface area contributed by atoms with E-state index in [0.717, 1.165) is 13.3 Å². The van der Waals surface area contributed by atoms with Gasteiger partial charge in [0.2, 0.25) is 0 Å². The van der Waals surface area contributed by atoms with Crippen LogP contribution in [0.3, 0.4) is 0 Å². The van der Waals surface area contributed by atoms with Crippen LogP contribution in [0.2, 0.25) is 0 Å². The summed E-state index contributed by atoms with van der Waals surface area (Å²) in [5.74, 6) is -0.300. The van der Waals surface area contributed by atoms with Crippen molar-refractivity contribution >= 4 is 0 Å². The van der Waals surface area contributed by atoms with Gasteiger partial charge in [-0.25, -0.2) is 0 Å². The Morgan fingerprint density at radius 3 is 2.00 bits per heavy atom. The summed E-state index contributed by atoms with van der Waals surface area (Å²) in [4.78, 5) is 4.13. The van der Waals surface area contributed by atoms with Crippen molar-refractivity contribution in [2.75, 3.05) is 27.4 Å². The molecule has 0 unspecified atom stereocenters. The molecule has 1 rings (SSSR count). The van der Waals surface area contributed by atoms with Crippen LogP contribution in [-0.2, 0) is 0 Å². The number of nitrogens with one attached hydrogen (secondary N) is 1. The first-order valence-electron chi connectivity index (χ1n) is 3.47. The van der Waals surface area contributed by atoms with Crippen LogP contribution in [0.15, 0.2) is 0 Å². The summed E-state index contributed by atoms with van der Waals surface area (Å²) in [7, 11) is 4.01. The predicted octanol–water partition coefficient (Wildman–Crippen LogP) is -0.999. The zero-order valence-corrected chi connectivity index (χ0v) is 6.89. The van der Waals surface area contributed by atoms with Crippen LogP contribution in [0.1, 0.15) is 6.92 Å². The summed E-state index contributed by atoms with van der Waals surface area (Å²) in [5, 5.41) is 3.21. The van der Waals surface area contributed by atoms with Crippen LogP contribution in [0.4, 0.5) is 0 Å². The van der Waals surface area contributed by atoms with E-state index >= 15 is 0 Å². The number of hydrogen-bond acceptors (Lipinski definition) is 4. The molecule has 10 heavy (non-hydrogen) atoms. The molecule has 4 heteroatoms. The van der Waals surface area contributed by atoms with Gasteiger partial charge >= 0.3 is 0 Å². The van der Waals surface area contributed by atoms with Crippen LogP contribution >= 0.6 is 0 Å². The first-order valence-corrected chi connectivity index (χ1v) is 3.47. The van der Waals surface area contributed by atoms with Crippen molar-refractivity contribution in [3.05, 3.63) is 0 Å². The Morgan fingerprint density at radius 2 is 1.70 bits per heavy atom. The highest BCUT2D eigenvalue weighted by molar-refractivity contribution is 4.78. The van der Waals surface area contributed by atoms with Gasteiger partial charge in [-0.15, -0.1) is 0 Å². The molecular formula is C6H16N4. The lowest BCUT2D eigenvalue weighted by Gasteiger charge is -2.46. The molecule has 1 fully saturated rings. The second-order valence-corrected chi connectivity index (χ2v) is 3.06. The van der Waals surface area contributed by atoms with Gasteiger partial charge in [0.25, 0.3) is 0 Å². The van der Waals surface area contributed by atoms with Crippen LogP contribution < -0.4 is 11.1 Å². The first-order chi connectivity index (χ1) is 4.55. The molecule has 0 saturated carbocycles. The zero-order chi connectivity index (χ0) is 7.78. The highest BCUT2D eigenvalue weighted by Crippen LogP contribution is 2.11. The number of nitrogens with two attached hydrogens (primary N) is 1. The minimum Gasteiger partial charge on any atom is -0.301 e. The third-order valence-electron chi connectivity index (χ3n) is 2.24. The molecule has 0 atom stereocenters. The lowest BCUT2D eigenvalue weighted by molar-refractivity contribution is -0.0555. The molecule has 3 N–H and O–H groups in total. The second-order valence-electron chi connectivity index (χ2n) is 3.06. The Bertz CT molecular complexity index is 111. The molecule has 0 aliphatic carbocycles. The Hall–Kier alpha value is -0.160. The fourth-order valence-electron chi connectivity index (χ4n) is 0.997. The molecule has 4 nitrogen and oxygen atoms in total. The summed E-state index contributed by atoms with van der Waals surface area (Å²) < 4.78 is 0. The fourth-order valence-corrected chi connectivity index (χ4v) is 0.997. The van der Waals surface area contributed by atoms with Crippen molar-refractivity contribution in [1.82, 2.24) is 15.1 Å². The molecule has 0 bridgehead atoms. The van der Waals surface area contributed by atoms with E-state index in [0.29, 0.717) is 0 Å². The van der Waals surface area contributed by atoms with Gasteiger partial charge in [0.05, 0.1) is 13.3 Å². The topological polar surface area (TPSA) is 44.5 Å². The molecule has 60 valence electrons. The van der Waals surface area contributed by atoms with E-state index in [1.54, 1.807) is 0 Å². The SMILES string of the molecule is CN1CNCN(C)C1(C)N. The summed E-state index contributed by atoms with van der Waals surface area (Å²) >= 11 is 0. The molecule has 0 aromatic carbocycles. The Morgan fingerprint density at radius 1 is 1.30 bits per heavy atom. The van der Waals surface area contributed by atoms with Crippen molar-refractivity contribution < 1.29 is 0 Å². The van der Waals surface area contributed by atoms with Gasteiger partial charge in [0, 0.05) is 0 Å². The Kier molecular flexibility index (Phi) is 1.96. The maximum atomic E-state index is 5.98. The van der Waals surface area contributed by atoms with E-state index in [1.165, 1.54) is 0 Å². The highest BCUT2D eigenvalue weighted by atomic mass is 15.5. The van der Waals surface area contributed by atoms with E-state index in [9.17, 15) is 0 Å². The van der Waals surface area contributed by atoms with Gasteiger partial charge in [-0.3, -0.25) is 15.1 Å². The average molecular weight is 144 g/mol. The third kappa shape index (κ3) is 1.15. The van der Waals surface area contributed by atoms with Crippen LogP contribution in [0, 0.1) is 0 Å². The van der Waals surface area contributed by atoms with Crippen LogP contribution in [0.25, 0.3) is 0 Å². The maximum absolute atomic E-state index is 5.98. The largest absolute Gasteiger partial charge is 0.301 e. The Balaban J connectivity index is 2.63. The number of rotatable bonds is 0. The molecule has 1 aliphatic heterocycles. The van der Waals surface area contributed by atoms with E-state index < -0.39 is 0 Å². The van der Waals surface area contributed by atoms with Gasteiger partial charge in [0.15, 0.2) is 0 Å². The minimum absolute atomic E-state index is 0.300. The minimum atomic E-state index is -0.300. The van der Waals surface area contributed by atoms with Crippen molar-refractivity contribution in [1.29, 1.82) is 0 Å². The van der Waals surface area contributed by atoms with E-state index in [2.05, 4.69) is 15.1 Å². The molecule has 0 aromatic heterocycles. The predicted molar refractivity (Wildman–Crippen MR) is 41.0 cm³/mol. The second kappa shape index (κ2) is 2.47. The van der Waals surface area contributed by atoms with Crippen LogP contribution in [0.5, 0.6) is 0 Å². The molecule has 1 aliphatic rings. The lowest BCUT2D eigenvalue weighted by atomic mass is 10.3. The summed E-state index contributed by atoms with van der Waals surface area (Å²) in [5.41, 5.74) is 5.98. The quantitative estimate of drug-likeness (QED) is 0.458. The first kappa shape index (κ1) is 7.94. The average Bonchev–Trinajstić information content (AvgIpc) is 1.84. The summed E-state index contributed by atoms with van der Waals surface area (Å²) in [6.45, 7) is 3.72. The summed E-state index contributed by atoms with van der Waals surface area (Å²) in [6.07, 6.45) is 0. The van der Waals surface area contributed by atoms with Crippen molar-refractivity contribution in [2.24, 2.45) is 5.73 Å². The normalized spacial score (nSPS) is 28.8. The maximum Gasteiger partial charge on any atom is 0.124 e. The van der Waals surface area contributed by atoms with Gasteiger partial charge < -0.3 is 5.73 Å². The molecule has 0 spiro atoms. The fraction of sp³-hybridized carbons (Fsp3) is 1.00. The smallest absolute Gasteiger partial charge is 0.124 e. The van der Waals surface area contributed by atoms with Crippen molar-refractivity contribution in [3.8, 4) is 0 Å². The Labute approximate surface area is 62.0 Å². The molecule has 1 saturated heterocycles. The lowest BCUT2D eigenvalue weighted by Crippen LogP contribution is -2.69. The van der Waals surface area contributed by atoms with Gasteiger partial charge in [-0.1, -0.05) is 0 Å². The van der Waals surface area contributed by atoms with E-state index in [4.69, 9.17) is 5.73 Å². The number of nitrogens with zero attached hydrogens (tertiary/aromatic N) is 2. The van der Waals surface area contributed by atoms with Crippen LogP contribution in [-0.4, -0.2) is 43.0 Å². The van der Waals surface area contributed by atoms with Gasteiger partial charge in [-0.05, 0) is 21.0 Å².